The zero-order valence-corrected chi connectivity index (χ0v) is 9.77. The first-order valence-corrected chi connectivity index (χ1v) is 5.42. The van der Waals surface area contributed by atoms with Crippen molar-refractivity contribution in [3.8, 4) is 11.4 Å². The average Bonchev–Trinajstić information content (AvgIpc) is 2.79. The minimum atomic E-state index is -0.684. The SMILES string of the molecule is CCC(C)(N)c1nc(-c2ccccc2F)no1. The van der Waals surface area contributed by atoms with Crippen molar-refractivity contribution >= 4 is 0 Å². The summed E-state index contributed by atoms with van der Waals surface area (Å²) in [6, 6.07) is 6.28. The number of benzene rings is 1. The Labute approximate surface area is 98.6 Å². The van der Waals surface area contributed by atoms with Crippen molar-refractivity contribution in [1.82, 2.24) is 10.1 Å². The average molecular weight is 235 g/mol. The van der Waals surface area contributed by atoms with E-state index in [9.17, 15) is 4.39 Å². The van der Waals surface area contributed by atoms with E-state index in [1.54, 1.807) is 25.1 Å². The zero-order valence-electron chi connectivity index (χ0n) is 9.77. The fourth-order valence-electron chi connectivity index (χ4n) is 1.36. The number of hydrogen-bond acceptors (Lipinski definition) is 4. The number of nitrogens with zero attached hydrogens (tertiary/aromatic N) is 2. The number of nitrogens with two attached hydrogens (primary N) is 1. The molecular weight excluding hydrogens is 221 g/mol. The van der Waals surface area contributed by atoms with Gasteiger partial charge in [-0.1, -0.05) is 24.2 Å². The lowest BCUT2D eigenvalue weighted by Crippen LogP contribution is -2.32. The van der Waals surface area contributed by atoms with Crippen LogP contribution in [0, 0.1) is 5.82 Å². The molecule has 2 rings (SSSR count). The van der Waals surface area contributed by atoms with Gasteiger partial charge in [0.15, 0.2) is 0 Å². The van der Waals surface area contributed by atoms with Gasteiger partial charge in [0.05, 0.1) is 11.1 Å². The highest BCUT2D eigenvalue weighted by Gasteiger charge is 2.26. The molecule has 0 radical (unpaired) electrons. The molecule has 0 saturated carbocycles. The molecular formula is C12H14FN3O. The van der Waals surface area contributed by atoms with Crippen molar-refractivity contribution in [2.24, 2.45) is 5.73 Å². The molecule has 0 spiro atoms. The van der Waals surface area contributed by atoms with Crippen LogP contribution in [0.3, 0.4) is 0 Å². The van der Waals surface area contributed by atoms with Gasteiger partial charge in [-0.2, -0.15) is 4.98 Å². The van der Waals surface area contributed by atoms with Crippen molar-refractivity contribution < 1.29 is 8.91 Å². The van der Waals surface area contributed by atoms with Crippen LogP contribution >= 0.6 is 0 Å². The second-order valence-corrected chi connectivity index (χ2v) is 4.17. The summed E-state index contributed by atoms with van der Waals surface area (Å²) in [7, 11) is 0. The molecule has 0 amide bonds. The van der Waals surface area contributed by atoms with Crippen LogP contribution in [0.1, 0.15) is 26.2 Å². The highest BCUT2D eigenvalue weighted by molar-refractivity contribution is 5.54. The maximum Gasteiger partial charge on any atom is 0.246 e. The third kappa shape index (κ3) is 2.19. The minimum Gasteiger partial charge on any atom is -0.337 e. The highest BCUT2D eigenvalue weighted by atomic mass is 19.1. The predicted molar refractivity (Wildman–Crippen MR) is 61.5 cm³/mol. The summed E-state index contributed by atoms with van der Waals surface area (Å²) >= 11 is 0. The van der Waals surface area contributed by atoms with Gasteiger partial charge in [0.25, 0.3) is 0 Å². The Morgan fingerprint density at radius 1 is 1.41 bits per heavy atom. The first kappa shape index (κ1) is 11.7. The lowest BCUT2D eigenvalue weighted by Gasteiger charge is -2.16. The third-order valence-electron chi connectivity index (χ3n) is 2.76. The maximum absolute atomic E-state index is 13.5. The first-order chi connectivity index (χ1) is 8.04. The molecule has 2 aromatic rings. The van der Waals surface area contributed by atoms with E-state index in [0.29, 0.717) is 17.9 Å². The summed E-state index contributed by atoms with van der Waals surface area (Å²) in [4.78, 5) is 4.14. The molecule has 5 heteroatoms. The van der Waals surface area contributed by atoms with Gasteiger partial charge < -0.3 is 10.3 Å². The van der Waals surface area contributed by atoms with Crippen LogP contribution in [-0.2, 0) is 5.54 Å². The Morgan fingerprint density at radius 2 is 2.12 bits per heavy atom. The molecule has 2 N–H and O–H groups in total. The molecule has 90 valence electrons. The minimum absolute atomic E-state index is 0.225. The fourth-order valence-corrected chi connectivity index (χ4v) is 1.36. The van der Waals surface area contributed by atoms with Gasteiger partial charge >= 0.3 is 0 Å². The van der Waals surface area contributed by atoms with Gasteiger partial charge in [-0.25, -0.2) is 4.39 Å². The first-order valence-electron chi connectivity index (χ1n) is 5.42. The van der Waals surface area contributed by atoms with E-state index in [0.717, 1.165) is 0 Å². The van der Waals surface area contributed by atoms with Crippen LogP contribution in [0.2, 0.25) is 0 Å². The van der Waals surface area contributed by atoms with Crippen LogP contribution in [0.15, 0.2) is 28.8 Å². The lowest BCUT2D eigenvalue weighted by molar-refractivity contribution is 0.291. The van der Waals surface area contributed by atoms with E-state index in [1.807, 2.05) is 6.92 Å². The monoisotopic (exact) mass is 235 g/mol. The van der Waals surface area contributed by atoms with Gasteiger partial charge in [0.1, 0.15) is 5.82 Å². The molecule has 0 aliphatic rings. The van der Waals surface area contributed by atoms with Crippen molar-refractivity contribution in [1.29, 1.82) is 0 Å². The van der Waals surface area contributed by atoms with E-state index in [2.05, 4.69) is 10.1 Å². The molecule has 0 aliphatic heterocycles. The summed E-state index contributed by atoms with van der Waals surface area (Å²) in [5, 5.41) is 3.76. The topological polar surface area (TPSA) is 64.9 Å². The van der Waals surface area contributed by atoms with Crippen LogP contribution in [0.25, 0.3) is 11.4 Å². The van der Waals surface area contributed by atoms with Gasteiger partial charge in [-0.15, -0.1) is 0 Å². The highest BCUT2D eigenvalue weighted by Crippen LogP contribution is 2.24. The molecule has 17 heavy (non-hydrogen) atoms. The second-order valence-electron chi connectivity index (χ2n) is 4.17. The van der Waals surface area contributed by atoms with Crippen molar-refractivity contribution in [3.63, 3.8) is 0 Å². The van der Waals surface area contributed by atoms with Crippen LogP contribution in [0.5, 0.6) is 0 Å². The Balaban J connectivity index is 2.40. The number of rotatable bonds is 3. The molecule has 0 fully saturated rings. The molecule has 0 saturated heterocycles. The van der Waals surface area contributed by atoms with Gasteiger partial charge in [0, 0.05) is 0 Å². The molecule has 1 aromatic heterocycles. The molecule has 0 bridgehead atoms. The zero-order chi connectivity index (χ0) is 12.5. The van der Waals surface area contributed by atoms with E-state index in [1.165, 1.54) is 6.07 Å². The van der Waals surface area contributed by atoms with Crippen LogP contribution in [0.4, 0.5) is 4.39 Å². The summed E-state index contributed by atoms with van der Waals surface area (Å²) in [5.41, 5.74) is 5.61. The van der Waals surface area contributed by atoms with Crippen molar-refractivity contribution in [2.45, 2.75) is 25.8 Å². The fraction of sp³-hybridized carbons (Fsp3) is 0.333. The summed E-state index contributed by atoms with van der Waals surface area (Å²) in [5.74, 6) is 0.163. The van der Waals surface area contributed by atoms with E-state index in [-0.39, 0.29) is 11.6 Å². The van der Waals surface area contributed by atoms with Crippen molar-refractivity contribution in [3.05, 3.63) is 36.0 Å². The Morgan fingerprint density at radius 3 is 2.76 bits per heavy atom. The number of hydrogen-bond donors (Lipinski definition) is 1. The maximum atomic E-state index is 13.5. The quantitative estimate of drug-likeness (QED) is 0.887. The predicted octanol–water partition coefficient (Wildman–Crippen LogP) is 2.46. The summed E-state index contributed by atoms with van der Waals surface area (Å²) < 4.78 is 18.6. The summed E-state index contributed by atoms with van der Waals surface area (Å²) in [6.45, 7) is 3.72. The second kappa shape index (κ2) is 4.25. The molecule has 4 nitrogen and oxygen atoms in total. The Hall–Kier alpha value is -1.75. The number of aromatic nitrogens is 2. The lowest BCUT2D eigenvalue weighted by atomic mass is 10.0. The Kier molecular flexibility index (Phi) is 2.93. The molecule has 1 aromatic carbocycles. The standard InChI is InChI=1S/C12H14FN3O/c1-3-12(2,14)11-15-10(16-17-11)8-6-4-5-7-9(8)13/h4-7H,3,14H2,1-2H3. The van der Waals surface area contributed by atoms with Crippen molar-refractivity contribution in [2.75, 3.05) is 0 Å². The van der Waals surface area contributed by atoms with E-state index >= 15 is 0 Å². The van der Waals surface area contributed by atoms with Gasteiger partial charge in [-0.3, -0.25) is 0 Å². The largest absolute Gasteiger partial charge is 0.337 e. The number of halogens is 1. The molecule has 1 atom stereocenters. The normalized spacial score (nSPS) is 14.6. The van der Waals surface area contributed by atoms with Crippen LogP contribution in [-0.4, -0.2) is 10.1 Å². The molecule has 1 heterocycles. The van der Waals surface area contributed by atoms with Gasteiger partial charge in [-0.05, 0) is 25.5 Å². The van der Waals surface area contributed by atoms with Gasteiger partial charge in [0.2, 0.25) is 11.7 Å². The molecule has 1 unspecified atom stereocenters. The van der Waals surface area contributed by atoms with E-state index < -0.39 is 5.54 Å². The van der Waals surface area contributed by atoms with Crippen LogP contribution < -0.4 is 5.73 Å². The third-order valence-corrected chi connectivity index (χ3v) is 2.76. The molecule has 0 aliphatic carbocycles. The summed E-state index contributed by atoms with van der Waals surface area (Å²) in [6.07, 6.45) is 0.659. The Bertz CT molecular complexity index is 522. The smallest absolute Gasteiger partial charge is 0.246 e. The van der Waals surface area contributed by atoms with E-state index in [4.69, 9.17) is 10.3 Å².